The molecule has 0 spiro atoms. The lowest BCUT2D eigenvalue weighted by molar-refractivity contribution is 0.347. The van der Waals surface area contributed by atoms with Crippen LogP contribution in [-0.2, 0) is 6.54 Å². The Bertz CT molecular complexity index is 415. The van der Waals surface area contributed by atoms with Crippen molar-refractivity contribution in [2.75, 3.05) is 6.61 Å². The second-order valence-corrected chi connectivity index (χ2v) is 5.61. The predicted molar refractivity (Wildman–Crippen MR) is 80.3 cm³/mol. The Labute approximate surface area is 116 Å². The van der Waals surface area contributed by atoms with Crippen molar-refractivity contribution in [3.8, 4) is 5.75 Å². The zero-order valence-electron chi connectivity index (χ0n) is 12.1. The first-order chi connectivity index (χ1) is 9.22. The monoisotopic (exact) mass is 259 g/mol. The summed E-state index contributed by atoms with van der Waals surface area (Å²) in [6.07, 6.45) is 4.41. The van der Waals surface area contributed by atoms with Crippen LogP contribution in [0.25, 0.3) is 0 Å². The zero-order valence-corrected chi connectivity index (χ0v) is 12.1. The standard InChI is InChI=1S/C17H25NO/c1-4-11-19-17-8-6-5-7-15(17)12-18-16-10-9-13(2)14(16)3/h4-8,13-14,16,18H,1,9-12H2,2-3H3. The molecule has 3 atom stereocenters. The van der Waals surface area contributed by atoms with Crippen LogP contribution in [0.5, 0.6) is 5.75 Å². The summed E-state index contributed by atoms with van der Waals surface area (Å²) in [5.41, 5.74) is 1.23. The lowest BCUT2D eigenvalue weighted by atomic mass is 9.97. The SMILES string of the molecule is C=CCOc1ccccc1CNC1CCC(C)C1C. The van der Waals surface area contributed by atoms with Crippen LogP contribution < -0.4 is 10.1 Å². The van der Waals surface area contributed by atoms with Crippen molar-refractivity contribution < 1.29 is 4.74 Å². The predicted octanol–water partition coefficient (Wildman–Crippen LogP) is 3.78. The van der Waals surface area contributed by atoms with E-state index in [-0.39, 0.29) is 0 Å². The van der Waals surface area contributed by atoms with Crippen molar-refractivity contribution in [1.29, 1.82) is 0 Å². The molecule has 19 heavy (non-hydrogen) atoms. The van der Waals surface area contributed by atoms with Gasteiger partial charge in [-0.05, 0) is 30.7 Å². The van der Waals surface area contributed by atoms with Gasteiger partial charge in [-0.2, -0.15) is 0 Å². The maximum absolute atomic E-state index is 5.69. The molecule has 1 aliphatic rings. The molecule has 3 unspecified atom stereocenters. The largest absolute Gasteiger partial charge is 0.489 e. The highest BCUT2D eigenvalue weighted by molar-refractivity contribution is 5.33. The highest BCUT2D eigenvalue weighted by atomic mass is 16.5. The van der Waals surface area contributed by atoms with E-state index in [0.29, 0.717) is 12.6 Å². The van der Waals surface area contributed by atoms with Crippen molar-refractivity contribution in [2.45, 2.75) is 39.3 Å². The molecule has 1 aromatic rings. The van der Waals surface area contributed by atoms with Crippen molar-refractivity contribution >= 4 is 0 Å². The van der Waals surface area contributed by atoms with Crippen molar-refractivity contribution in [3.05, 3.63) is 42.5 Å². The van der Waals surface area contributed by atoms with E-state index in [1.165, 1.54) is 18.4 Å². The summed E-state index contributed by atoms with van der Waals surface area (Å²) in [7, 11) is 0. The number of hydrogen-bond donors (Lipinski definition) is 1. The minimum absolute atomic E-state index is 0.563. The molecule has 2 rings (SSSR count). The van der Waals surface area contributed by atoms with Gasteiger partial charge >= 0.3 is 0 Å². The first-order valence-electron chi connectivity index (χ1n) is 7.27. The Morgan fingerprint density at radius 3 is 2.79 bits per heavy atom. The Kier molecular flexibility index (Phi) is 5.03. The molecular formula is C17H25NO. The van der Waals surface area contributed by atoms with Gasteiger partial charge in [0.1, 0.15) is 12.4 Å². The minimum atomic E-state index is 0.563. The van der Waals surface area contributed by atoms with Gasteiger partial charge in [0.2, 0.25) is 0 Å². The van der Waals surface area contributed by atoms with Crippen LogP contribution in [0.15, 0.2) is 36.9 Å². The summed E-state index contributed by atoms with van der Waals surface area (Å²) in [5, 5.41) is 3.69. The number of rotatable bonds is 6. The average molecular weight is 259 g/mol. The molecule has 0 aliphatic heterocycles. The zero-order chi connectivity index (χ0) is 13.7. The van der Waals surface area contributed by atoms with Crippen LogP contribution in [-0.4, -0.2) is 12.6 Å². The third kappa shape index (κ3) is 3.60. The molecular weight excluding hydrogens is 234 g/mol. The van der Waals surface area contributed by atoms with Gasteiger partial charge < -0.3 is 10.1 Å². The van der Waals surface area contributed by atoms with Gasteiger partial charge in [-0.1, -0.05) is 44.7 Å². The van der Waals surface area contributed by atoms with Crippen molar-refractivity contribution in [1.82, 2.24) is 5.32 Å². The summed E-state index contributed by atoms with van der Waals surface area (Å²) in [6, 6.07) is 8.89. The average Bonchev–Trinajstić information content (AvgIpc) is 2.75. The van der Waals surface area contributed by atoms with E-state index < -0.39 is 0 Å². The van der Waals surface area contributed by atoms with Gasteiger partial charge in [-0.25, -0.2) is 0 Å². The number of para-hydroxylation sites is 1. The summed E-state index contributed by atoms with van der Waals surface area (Å²) < 4.78 is 5.69. The van der Waals surface area contributed by atoms with Crippen LogP contribution in [0.1, 0.15) is 32.3 Å². The van der Waals surface area contributed by atoms with Gasteiger partial charge in [0.05, 0.1) is 0 Å². The molecule has 0 radical (unpaired) electrons. The first kappa shape index (κ1) is 14.1. The van der Waals surface area contributed by atoms with Crippen molar-refractivity contribution in [2.24, 2.45) is 11.8 Å². The fourth-order valence-corrected chi connectivity index (χ4v) is 2.83. The Morgan fingerprint density at radius 2 is 2.11 bits per heavy atom. The quantitative estimate of drug-likeness (QED) is 0.785. The molecule has 1 fully saturated rings. The summed E-state index contributed by atoms with van der Waals surface area (Å²) in [5.74, 6) is 2.57. The lowest BCUT2D eigenvalue weighted by Gasteiger charge is -2.20. The fraction of sp³-hybridized carbons (Fsp3) is 0.529. The lowest BCUT2D eigenvalue weighted by Crippen LogP contribution is -2.32. The van der Waals surface area contributed by atoms with E-state index in [9.17, 15) is 0 Å². The van der Waals surface area contributed by atoms with Crippen LogP contribution in [0.3, 0.4) is 0 Å². The van der Waals surface area contributed by atoms with Crippen LogP contribution in [0.2, 0.25) is 0 Å². The maximum atomic E-state index is 5.69. The van der Waals surface area contributed by atoms with E-state index in [1.807, 2.05) is 12.1 Å². The number of ether oxygens (including phenoxy) is 1. The maximum Gasteiger partial charge on any atom is 0.124 e. The molecule has 2 heteroatoms. The Hall–Kier alpha value is -1.28. The Morgan fingerprint density at radius 1 is 1.32 bits per heavy atom. The fourth-order valence-electron chi connectivity index (χ4n) is 2.83. The van der Waals surface area contributed by atoms with Gasteiger partial charge in [-0.15, -0.1) is 0 Å². The number of nitrogens with one attached hydrogen (secondary N) is 1. The van der Waals surface area contributed by atoms with Gasteiger partial charge in [0.15, 0.2) is 0 Å². The molecule has 0 saturated heterocycles. The summed E-state index contributed by atoms with van der Waals surface area (Å²) in [6.45, 7) is 9.85. The second-order valence-electron chi connectivity index (χ2n) is 5.61. The smallest absolute Gasteiger partial charge is 0.124 e. The highest BCUT2D eigenvalue weighted by Gasteiger charge is 2.29. The molecule has 0 aromatic heterocycles. The summed E-state index contributed by atoms with van der Waals surface area (Å²) in [4.78, 5) is 0. The van der Waals surface area contributed by atoms with Crippen LogP contribution >= 0.6 is 0 Å². The topological polar surface area (TPSA) is 21.3 Å². The van der Waals surface area contributed by atoms with E-state index in [4.69, 9.17) is 4.74 Å². The molecule has 0 bridgehead atoms. The molecule has 0 amide bonds. The van der Waals surface area contributed by atoms with E-state index in [0.717, 1.165) is 24.1 Å². The molecule has 0 heterocycles. The number of hydrogen-bond acceptors (Lipinski definition) is 2. The molecule has 1 aromatic carbocycles. The second kappa shape index (κ2) is 6.76. The highest BCUT2D eigenvalue weighted by Crippen LogP contribution is 2.31. The van der Waals surface area contributed by atoms with E-state index >= 15 is 0 Å². The first-order valence-corrected chi connectivity index (χ1v) is 7.27. The van der Waals surface area contributed by atoms with Crippen molar-refractivity contribution in [3.63, 3.8) is 0 Å². The normalized spacial score (nSPS) is 26.3. The molecule has 2 nitrogen and oxygen atoms in total. The Balaban J connectivity index is 1.93. The molecule has 1 N–H and O–H groups in total. The summed E-state index contributed by atoms with van der Waals surface area (Å²) >= 11 is 0. The van der Waals surface area contributed by atoms with E-state index in [1.54, 1.807) is 6.08 Å². The molecule has 1 aliphatic carbocycles. The minimum Gasteiger partial charge on any atom is -0.489 e. The van der Waals surface area contributed by atoms with Gasteiger partial charge in [-0.3, -0.25) is 0 Å². The third-order valence-corrected chi connectivity index (χ3v) is 4.35. The van der Waals surface area contributed by atoms with Gasteiger partial charge in [0.25, 0.3) is 0 Å². The van der Waals surface area contributed by atoms with Crippen LogP contribution in [0.4, 0.5) is 0 Å². The van der Waals surface area contributed by atoms with Crippen LogP contribution in [0, 0.1) is 11.8 Å². The molecule has 104 valence electrons. The number of benzene rings is 1. The third-order valence-electron chi connectivity index (χ3n) is 4.35. The van der Waals surface area contributed by atoms with Gasteiger partial charge in [0, 0.05) is 18.2 Å². The van der Waals surface area contributed by atoms with E-state index in [2.05, 4.69) is 37.9 Å². The molecule has 1 saturated carbocycles.